The molecule has 2 aromatic carbocycles. The van der Waals surface area contributed by atoms with E-state index in [1.54, 1.807) is 36.4 Å². The highest BCUT2D eigenvalue weighted by molar-refractivity contribution is 14.1. The number of fused-ring (bicyclic) bond motifs is 8. The Morgan fingerprint density at radius 3 is 1.14 bits per heavy atom. The SMILES string of the molecule is COC(=O)c1ccc(C2c3ccc([nH]3)C(C(F)(F)F)c3ccc([nH]3)C(c3ccc(I)cc3)c3ccc([nH]3)C(C(F)(F)F)c3ccc2[nH]3)cc1. The lowest BCUT2D eigenvalue weighted by atomic mass is 9.92. The van der Waals surface area contributed by atoms with Crippen LogP contribution in [0.15, 0.2) is 97.1 Å². The van der Waals surface area contributed by atoms with Crippen molar-refractivity contribution in [3.05, 3.63) is 163 Å². The van der Waals surface area contributed by atoms with Crippen LogP contribution in [0.1, 0.15) is 90.7 Å². The molecule has 252 valence electrons. The monoisotopic (exact) mass is 788 g/mol. The first-order valence-electron chi connectivity index (χ1n) is 15.1. The molecule has 1 aliphatic rings. The zero-order valence-corrected chi connectivity index (χ0v) is 27.7. The molecule has 6 aromatic rings. The third-order valence-electron chi connectivity index (χ3n) is 8.94. The lowest BCUT2D eigenvalue weighted by molar-refractivity contribution is -0.143. The molecule has 7 rings (SSSR count). The van der Waals surface area contributed by atoms with E-state index in [2.05, 4.69) is 42.5 Å². The number of carbonyl (C=O) groups is 1. The van der Waals surface area contributed by atoms with E-state index in [9.17, 15) is 31.1 Å². The number of benzene rings is 2. The highest BCUT2D eigenvalue weighted by Crippen LogP contribution is 2.45. The van der Waals surface area contributed by atoms with Gasteiger partial charge >= 0.3 is 18.3 Å². The van der Waals surface area contributed by atoms with E-state index in [4.69, 9.17) is 4.74 Å². The van der Waals surface area contributed by atoms with Crippen molar-refractivity contribution in [2.45, 2.75) is 36.0 Å². The summed E-state index contributed by atoms with van der Waals surface area (Å²) < 4.78 is 95.2. The zero-order valence-electron chi connectivity index (χ0n) is 25.5. The van der Waals surface area contributed by atoms with Crippen LogP contribution >= 0.6 is 22.6 Å². The summed E-state index contributed by atoms with van der Waals surface area (Å²) in [5.41, 5.74) is 2.28. The Labute approximate surface area is 289 Å². The third kappa shape index (κ3) is 6.20. The molecule has 0 radical (unpaired) electrons. The molecule has 1 aliphatic heterocycles. The number of aromatic amines is 4. The molecule has 6 nitrogen and oxygen atoms in total. The van der Waals surface area contributed by atoms with Gasteiger partial charge in [0.2, 0.25) is 0 Å². The summed E-state index contributed by atoms with van der Waals surface area (Å²) in [6.45, 7) is 0. The average molecular weight is 789 g/mol. The minimum Gasteiger partial charge on any atom is -0.465 e. The Kier molecular flexibility index (Phi) is 8.28. The number of aromatic nitrogens is 4. The lowest BCUT2D eigenvalue weighted by Crippen LogP contribution is -2.23. The first-order chi connectivity index (χ1) is 23.3. The minimum atomic E-state index is -4.70. The molecule has 4 aromatic heterocycles. The molecule has 13 heteroatoms. The minimum absolute atomic E-state index is 0.125. The quantitative estimate of drug-likeness (QED) is 0.0819. The molecular formula is C36H27F6IN4O2. The summed E-state index contributed by atoms with van der Waals surface area (Å²) in [7, 11) is 1.23. The highest BCUT2D eigenvalue weighted by Gasteiger charge is 2.46. The Bertz CT molecular complexity index is 2010. The number of halogens is 7. The van der Waals surface area contributed by atoms with Crippen molar-refractivity contribution in [2.75, 3.05) is 7.11 Å². The predicted octanol–water partition coefficient (Wildman–Crippen LogP) is 9.45. The predicted molar refractivity (Wildman–Crippen MR) is 178 cm³/mol. The van der Waals surface area contributed by atoms with Crippen LogP contribution in [0.25, 0.3) is 0 Å². The second kappa shape index (κ2) is 12.3. The van der Waals surface area contributed by atoms with Crippen LogP contribution < -0.4 is 0 Å². The van der Waals surface area contributed by atoms with Crippen molar-refractivity contribution >= 4 is 28.6 Å². The maximum atomic E-state index is 14.9. The van der Waals surface area contributed by atoms with Crippen molar-refractivity contribution in [2.24, 2.45) is 0 Å². The van der Waals surface area contributed by atoms with Crippen molar-refractivity contribution in [1.29, 1.82) is 0 Å². The van der Waals surface area contributed by atoms with Crippen LogP contribution in [0, 0.1) is 3.57 Å². The van der Waals surface area contributed by atoms with E-state index in [-0.39, 0.29) is 28.3 Å². The van der Waals surface area contributed by atoms with Gasteiger partial charge in [0.05, 0.1) is 24.5 Å². The van der Waals surface area contributed by atoms with E-state index >= 15 is 0 Å². The van der Waals surface area contributed by atoms with Gasteiger partial charge in [-0.15, -0.1) is 0 Å². The average Bonchev–Trinajstić information content (AvgIpc) is 3.88. The Balaban J connectivity index is 1.46. The standard InChI is InChI=1S/C36H27F6IN4O2/c1-49-34(48)20-4-2-18(3-5-20)30-22-10-14-26(44-22)32(35(37,38)39)28-16-12-24(46-28)31(19-6-8-21(43)9-7-19)25-13-17-29(47-25)33(36(40,41)42)27-15-11-23(30)45-27/h2-17,30-33,44-47H,1H3. The van der Waals surface area contributed by atoms with E-state index in [1.165, 1.54) is 55.6 Å². The van der Waals surface area contributed by atoms with Gasteiger partial charge < -0.3 is 24.7 Å². The molecule has 2 atom stereocenters. The number of hydrogen-bond donors (Lipinski definition) is 4. The number of methoxy groups -OCH3 is 1. The van der Waals surface area contributed by atoms with Gasteiger partial charge in [0.1, 0.15) is 11.8 Å². The Morgan fingerprint density at radius 2 is 0.837 bits per heavy atom. The fraction of sp³-hybridized carbons (Fsp3) is 0.194. The summed E-state index contributed by atoms with van der Waals surface area (Å²) in [6, 6.07) is 25.0. The van der Waals surface area contributed by atoms with Gasteiger partial charge in [0.25, 0.3) is 0 Å². The molecule has 5 heterocycles. The molecular weight excluding hydrogens is 761 g/mol. The number of rotatable bonds is 3. The van der Waals surface area contributed by atoms with Crippen LogP contribution in [0.5, 0.6) is 0 Å². The number of carbonyl (C=O) groups excluding carboxylic acids is 1. The first kappa shape index (κ1) is 32.9. The maximum Gasteiger partial charge on any atom is 0.402 e. The van der Waals surface area contributed by atoms with Gasteiger partial charge in [0, 0.05) is 49.1 Å². The van der Waals surface area contributed by atoms with Crippen LogP contribution in [-0.2, 0) is 4.74 Å². The van der Waals surface area contributed by atoms with Gasteiger partial charge in [-0.25, -0.2) is 4.79 Å². The molecule has 0 amide bonds. The second-order valence-corrected chi connectivity index (χ2v) is 13.2. The molecule has 0 saturated heterocycles. The van der Waals surface area contributed by atoms with Crippen LogP contribution in [0.3, 0.4) is 0 Å². The van der Waals surface area contributed by atoms with Gasteiger partial charge in [-0.2, -0.15) is 26.3 Å². The van der Waals surface area contributed by atoms with Crippen molar-refractivity contribution < 1.29 is 35.9 Å². The molecule has 8 bridgehead atoms. The van der Waals surface area contributed by atoms with Crippen molar-refractivity contribution in [1.82, 2.24) is 19.9 Å². The summed E-state index contributed by atoms with van der Waals surface area (Å²) in [5, 5.41) is 0. The van der Waals surface area contributed by atoms with E-state index < -0.39 is 42.0 Å². The normalized spacial score (nSPS) is 19.5. The number of H-pyrrole nitrogens is 4. The number of alkyl halides is 6. The highest BCUT2D eigenvalue weighted by atomic mass is 127. The molecule has 49 heavy (non-hydrogen) atoms. The van der Waals surface area contributed by atoms with Gasteiger partial charge in [0.15, 0.2) is 0 Å². The smallest absolute Gasteiger partial charge is 0.402 e. The summed E-state index contributed by atoms with van der Waals surface area (Å²) in [4.78, 5) is 24.0. The maximum absolute atomic E-state index is 14.9. The van der Waals surface area contributed by atoms with E-state index in [1.807, 2.05) is 12.1 Å². The van der Waals surface area contributed by atoms with Gasteiger partial charge in [-0.05, 0) is 107 Å². The topological polar surface area (TPSA) is 89.5 Å². The van der Waals surface area contributed by atoms with Crippen LogP contribution in [0.4, 0.5) is 26.3 Å². The number of ether oxygens (including phenoxy) is 1. The van der Waals surface area contributed by atoms with Crippen molar-refractivity contribution in [3.63, 3.8) is 0 Å². The molecule has 2 unspecified atom stereocenters. The Hall–Kier alpha value is -4.66. The molecule has 4 N–H and O–H groups in total. The fourth-order valence-electron chi connectivity index (χ4n) is 6.74. The summed E-state index contributed by atoms with van der Waals surface area (Å²) >= 11 is 2.13. The number of hydrogen-bond acceptors (Lipinski definition) is 2. The lowest BCUT2D eigenvalue weighted by Gasteiger charge is -2.22. The van der Waals surface area contributed by atoms with Gasteiger partial charge in [-0.3, -0.25) is 0 Å². The number of nitrogens with one attached hydrogen (secondary N) is 4. The molecule has 0 spiro atoms. The molecule has 0 fully saturated rings. The van der Waals surface area contributed by atoms with E-state index in [0.29, 0.717) is 33.9 Å². The van der Waals surface area contributed by atoms with Crippen LogP contribution in [0.2, 0.25) is 0 Å². The zero-order chi connectivity index (χ0) is 34.7. The van der Waals surface area contributed by atoms with E-state index in [0.717, 1.165) is 3.57 Å². The summed E-state index contributed by atoms with van der Waals surface area (Å²) in [6.07, 6.45) is -9.41. The fourth-order valence-corrected chi connectivity index (χ4v) is 7.10. The third-order valence-corrected chi connectivity index (χ3v) is 9.65. The first-order valence-corrected chi connectivity index (χ1v) is 16.2. The van der Waals surface area contributed by atoms with Crippen LogP contribution in [-0.4, -0.2) is 45.4 Å². The summed E-state index contributed by atoms with van der Waals surface area (Å²) in [5.74, 6) is -6.26. The number of esters is 1. The largest absolute Gasteiger partial charge is 0.465 e. The van der Waals surface area contributed by atoms with Crippen molar-refractivity contribution in [3.8, 4) is 0 Å². The Morgan fingerprint density at radius 1 is 0.531 bits per heavy atom. The second-order valence-electron chi connectivity index (χ2n) is 12.0. The van der Waals surface area contributed by atoms with Gasteiger partial charge in [-0.1, -0.05) is 24.3 Å². The molecule has 0 aliphatic carbocycles. The molecule has 0 saturated carbocycles.